The third kappa shape index (κ3) is 3.86. The first-order valence-electron chi connectivity index (χ1n) is 3.34. The fraction of sp³-hybridized carbons (Fsp3) is 0.833. The minimum Gasteiger partial charge on any atom is -0.394 e. The third-order valence-electron chi connectivity index (χ3n) is 1.24. The van der Waals surface area contributed by atoms with Gasteiger partial charge in [-0.1, -0.05) is 0 Å². The molecule has 0 aromatic rings. The van der Waals surface area contributed by atoms with Crippen LogP contribution in [0.3, 0.4) is 0 Å². The van der Waals surface area contributed by atoms with E-state index in [1.807, 2.05) is 0 Å². The van der Waals surface area contributed by atoms with Crippen LogP contribution in [0.5, 0.6) is 0 Å². The molecule has 0 unspecified atom stereocenters. The van der Waals surface area contributed by atoms with Crippen LogP contribution in [0.25, 0.3) is 0 Å². The molecule has 0 aliphatic carbocycles. The molecule has 0 amide bonds. The fourth-order valence-corrected chi connectivity index (χ4v) is 0.558. The van der Waals surface area contributed by atoms with Gasteiger partial charge in [0.05, 0.1) is 6.61 Å². The Morgan fingerprint density at radius 3 is 2.17 bits per heavy atom. The second-order valence-electron chi connectivity index (χ2n) is 2.16. The molecule has 0 saturated heterocycles. The molecule has 0 fully saturated rings. The van der Waals surface area contributed by atoms with Gasteiger partial charge in [0.1, 0.15) is 6.10 Å². The molecule has 6 nitrogen and oxygen atoms in total. The molecular formula is C6H13O6+. The molecule has 12 heavy (non-hydrogen) atoms. The van der Waals surface area contributed by atoms with Gasteiger partial charge in [-0.25, -0.2) is 0 Å². The molecule has 72 valence electrons. The summed E-state index contributed by atoms with van der Waals surface area (Å²) in [6, 6.07) is 0. The van der Waals surface area contributed by atoms with E-state index in [0.717, 1.165) is 6.61 Å². The lowest BCUT2D eigenvalue weighted by Gasteiger charge is -2.14. The second kappa shape index (κ2) is 6.18. The van der Waals surface area contributed by atoms with Gasteiger partial charge >= 0.3 is 0 Å². The Balaban J connectivity index is 3.67. The van der Waals surface area contributed by atoms with Gasteiger partial charge in [0, 0.05) is 0 Å². The molecule has 0 aromatic carbocycles. The first-order valence-corrected chi connectivity index (χ1v) is 3.34. The molecule has 0 heterocycles. The first kappa shape index (κ1) is 11.6. The maximum atomic E-state index is 8.96. The summed E-state index contributed by atoms with van der Waals surface area (Å²) in [7, 11) is 0. The van der Waals surface area contributed by atoms with Crippen molar-refractivity contribution < 1.29 is 30.3 Å². The summed E-state index contributed by atoms with van der Waals surface area (Å²) in [6.07, 6.45) is -4.40. The van der Waals surface area contributed by atoms with Gasteiger partial charge in [0.15, 0.2) is 12.9 Å². The number of hydrogen-bond acceptors (Lipinski definition) is 6. The summed E-state index contributed by atoms with van der Waals surface area (Å²) in [5.74, 6) is 0. The molecular weight excluding hydrogens is 168 g/mol. The number of rotatable bonds is 6. The Bertz CT molecular complexity index is 108. The Morgan fingerprint density at radius 2 is 1.75 bits per heavy atom. The Kier molecular flexibility index (Phi) is 5.99. The first-order chi connectivity index (χ1) is 5.63. The predicted molar refractivity (Wildman–Crippen MR) is 37.6 cm³/mol. The van der Waals surface area contributed by atoms with Gasteiger partial charge in [-0.2, -0.15) is 4.74 Å². The van der Waals surface area contributed by atoms with E-state index in [0.29, 0.717) is 0 Å². The lowest BCUT2D eigenvalue weighted by molar-refractivity contribution is -0.0924. The molecule has 3 atom stereocenters. The zero-order valence-electron chi connectivity index (χ0n) is 6.37. The smallest absolute Gasteiger partial charge is 0.263 e. The third-order valence-corrected chi connectivity index (χ3v) is 1.24. The summed E-state index contributed by atoms with van der Waals surface area (Å²) in [5.41, 5.74) is 0. The monoisotopic (exact) mass is 181 g/mol. The average Bonchev–Trinajstić information content (AvgIpc) is 2.11. The summed E-state index contributed by atoms with van der Waals surface area (Å²) in [4.78, 5) is 0. The average molecular weight is 181 g/mol. The summed E-state index contributed by atoms with van der Waals surface area (Å²) < 4.78 is 4.24. The predicted octanol–water partition coefficient (Wildman–Crippen LogP) is -2.81. The molecule has 0 radical (unpaired) electrons. The van der Waals surface area contributed by atoms with Crippen molar-refractivity contribution in [1.29, 1.82) is 0 Å². The van der Waals surface area contributed by atoms with Gasteiger partial charge in [-0.05, 0) is 0 Å². The highest BCUT2D eigenvalue weighted by atomic mass is 16.6. The van der Waals surface area contributed by atoms with Crippen molar-refractivity contribution in [2.45, 2.75) is 18.3 Å². The van der Waals surface area contributed by atoms with E-state index >= 15 is 0 Å². The molecule has 0 saturated carbocycles. The minimum atomic E-state index is -1.53. The van der Waals surface area contributed by atoms with E-state index < -0.39 is 31.7 Å². The van der Waals surface area contributed by atoms with Gasteiger partial charge in [-0.3, -0.25) is 0 Å². The molecule has 0 aliphatic heterocycles. The highest BCUT2D eigenvalue weighted by molar-refractivity contribution is 4.79. The van der Waals surface area contributed by atoms with E-state index in [4.69, 9.17) is 25.5 Å². The number of aliphatic hydroxyl groups is 5. The number of ether oxygens (including phenoxy) is 1. The van der Waals surface area contributed by atoms with Crippen LogP contribution in [-0.2, 0) is 4.74 Å². The van der Waals surface area contributed by atoms with Crippen molar-refractivity contribution in [3.05, 3.63) is 6.61 Å². The quantitative estimate of drug-likeness (QED) is 0.223. The summed E-state index contributed by atoms with van der Waals surface area (Å²) >= 11 is 0. The molecule has 5 N–H and O–H groups in total. The Labute approximate surface area is 69.6 Å². The van der Waals surface area contributed by atoms with Gasteiger partial charge < -0.3 is 25.5 Å². The van der Waals surface area contributed by atoms with Crippen molar-refractivity contribution in [3.63, 3.8) is 0 Å². The Morgan fingerprint density at radius 1 is 1.17 bits per heavy atom. The molecule has 0 rings (SSSR count). The zero-order valence-corrected chi connectivity index (χ0v) is 6.37. The molecule has 0 aliphatic rings. The van der Waals surface area contributed by atoms with Gasteiger partial charge in [0.2, 0.25) is 0 Å². The molecule has 6 heteroatoms. The van der Waals surface area contributed by atoms with Crippen molar-refractivity contribution >= 4 is 0 Å². The van der Waals surface area contributed by atoms with Crippen molar-refractivity contribution in [2.24, 2.45) is 0 Å². The van der Waals surface area contributed by atoms with E-state index in [1.165, 1.54) is 0 Å². The van der Waals surface area contributed by atoms with Gasteiger partial charge in [0.25, 0.3) is 12.7 Å². The number of aliphatic hydroxyl groups excluding tert-OH is 5. The van der Waals surface area contributed by atoms with Crippen LogP contribution in [0.1, 0.15) is 0 Å². The highest BCUT2D eigenvalue weighted by Gasteiger charge is 2.31. The largest absolute Gasteiger partial charge is 0.394 e. The highest BCUT2D eigenvalue weighted by Crippen LogP contribution is 2.03. The van der Waals surface area contributed by atoms with E-state index in [2.05, 4.69) is 4.74 Å². The van der Waals surface area contributed by atoms with E-state index in [9.17, 15) is 0 Å². The van der Waals surface area contributed by atoms with E-state index in [1.54, 1.807) is 0 Å². The fourth-order valence-electron chi connectivity index (χ4n) is 0.558. The van der Waals surface area contributed by atoms with Crippen LogP contribution in [-0.4, -0.2) is 57.2 Å². The van der Waals surface area contributed by atoms with Crippen LogP contribution in [0.4, 0.5) is 0 Å². The summed E-state index contributed by atoms with van der Waals surface area (Å²) in [6.45, 7) is -0.520. The van der Waals surface area contributed by atoms with Crippen LogP contribution in [0.15, 0.2) is 0 Å². The normalized spacial score (nSPS) is 18.4. The topological polar surface area (TPSA) is 110 Å². The van der Waals surface area contributed by atoms with Gasteiger partial charge in [-0.15, -0.1) is 0 Å². The molecule has 0 spiro atoms. The lowest BCUT2D eigenvalue weighted by Crippen LogP contribution is -2.40. The maximum Gasteiger partial charge on any atom is 0.263 e. The van der Waals surface area contributed by atoms with Crippen molar-refractivity contribution in [1.82, 2.24) is 0 Å². The zero-order chi connectivity index (χ0) is 9.56. The van der Waals surface area contributed by atoms with Crippen molar-refractivity contribution in [3.8, 4) is 0 Å². The maximum absolute atomic E-state index is 8.96. The lowest BCUT2D eigenvalue weighted by atomic mass is 10.1. The Hall–Kier alpha value is -0.370. The number of hydrogen-bond donors (Lipinski definition) is 5. The second-order valence-corrected chi connectivity index (χ2v) is 2.16. The van der Waals surface area contributed by atoms with Crippen LogP contribution >= 0.6 is 0 Å². The molecule has 0 aromatic heterocycles. The van der Waals surface area contributed by atoms with E-state index in [-0.39, 0.29) is 0 Å². The van der Waals surface area contributed by atoms with Crippen LogP contribution < -0.4 is 0 Å². The van der Waals surface area contributed by atoms with Crippen molar-refractivity contribution in [2.75, 3.05) is 13.4 Å². The summed E-state index contributed by atoms with van der Waals surface area (Å²) in [5, 5.41) is 43.2. The standard InChI is InChI=1S/C6H13O6/c7-1-4(9)6(11)5(10)2-12-3-8/h2,4-11H,1,3H2/q+1/t4-,5+,6+/m1/s1. The van der Waals surface area contributed by atoms with Crippen LogP contribution in [0, 0.1) is 6.61 Å². The minimum absolute atomic E-state index is 0.626. The van der Waals surface area contributed by atoms with Crippen LogP contribution in [0.2, 0.25) is 0 Å². The SMILES string of the molecule is OCO[CH+][C@H](O)[C@@H](O)[C@H](O)CO. The molecule has 0 bridgehead atoms.